The summed E-state index contributed by atoms with van der Waals surface area (Å²) >= 11 is 1.69. The molecule has 0 unspecified atom stereocenters. The van der Waals surface area contributed by atoms with Crippen LogP contribution < -0.4 is 0 Å². The zero-order chi connectivity index (χ0) is 16.4. The van der Waals surface area contributed by atoms with Gasteiger partial charge in [0.2, 0.25) is 5.78 Å². The molecular formula is C19H20N2OS. The predicted octanol–water partition coefficient (Wildman–Crippen LogP) is 5.10. The average molecular weight is 324 g/mol. The third kappa shape index (κ3) is 2.75. The standard InChI is InChI=1S/C19H20N2OS/c1-4-10-21-17(12-14-8-11-23-19(14)21)18(22)15(5-2)16-7-6-9-20-13(16)3/h5-9,11-12H,4,10H2,1-3H3/b15-5+. The minimum absolute atomic E-state index is 0.0699. The monoisotopic (exact) mass is 324 g/mol. The average Bonchev–Trinajstić information content (AvgIpc) is 3.12. The van der Waals surface area contributed by atoms with E-state index < -0.39 is 0 Å². The number of hydrogen-bond acceptors (Lipinski definition) is 3. The summed E-state index contributed by atoms with van der Waals surface area (Å²) in [5.74, 6) is 0.0699. The fraction of sp³-hybridized carbons (Fsp3) is 0.263. The van der Waals surface area contributed by atoms with Crippen molar-refractivity contribution in [1.29, 1.82) is 0 Å². The Labute approximate surface area is 140 Å². The Morgan fingerprint density at radius 2 is 2.22 bits per heavy atom. The fourth-order valence-electron chi connectivity index (χ4n) is 2.92. The minimum Gasteiger partial charge on any atom is -0.330 e. The van der Waals surface area contributed by atoms with Gasteiger partial charge in [0.1, 0.15) is 4.83 Å². The molecule has 3 heterocycles. The van der Waals surface area contributed by atoms with Crippen LogP contribution in [0.5, 0.6) is 0 Å². The van der Waals surface area contributed by atoms with Crippen LogP contribution in [-0.4, -0.2) is 15.3 Å². The second-order valence-corrected chi connectivity index (χ2v) is 6.42. The zero-order valence-electron chi connectivity index (χ0n) is 13.7. The number of ketones is 1. The highest BCUT2D eigenvalue weighted by Gasteiger charge is 2.21. The molecule has 0 saturated heterocycles. The number of nitrogens with zero attached hydrogens (tertiary/aromatic N) is 2. The van der Waals surface area contributed by atoms with Gasteiger partial charge in [-0.2, -0.15) is 0 Å². The molecule has 0 aliphatic heterocycles. The lowest BCUT2D eigenvalue weighted by Crippen LogP contribution is -2.11. The molecule has 0 aromatic carbocycles. The van der Waals surface area contributed by atoms with E-state index in [2.05, 4.69) is 27.9 Å². The van der Waals surface area contributed by atoms with Gasteiger partial charge in [0.25, 0.3) is 0 Å². The first-order valence-electron chi connectivity index (χ1n) is 7.87. The highest BCUT2D eigenvalue weighted by molar-refractivity contribution is 7.16. The second kappa shape index (κ2) is 6.50. The number of aryl methyl sites for hydroxylation is 2. The molecule has 0 radical (unpaired) electrons. The van der Waals surface area contributed by atoms with Gasteiger partial charge in [-0.3, -0.25) is 9.78 Å². The van der Waals surface area contributed by atoms with Crippen LogP contribution in [0.4, 0.5) is 0 Å². The van der Waals surface area contributed by atoms with E-state index in [1.165, 1.54) is 4.83 Å². The third-order valence-corrected chi connectivity index (χ3v) is 4.96. The quantitative estimate of drug-likeness (QED) is 0.483. The topological polar surface area (TPSA) is 34.9 Å². The molecule has 0 spiro atoms. The maximum Gasteiger partial charge on any atom is 0.209 e. The first kappa shape index (κ1) is 15.7. The van der Waals surface area contributed by atoms with E-state index in [4.69, 9.17) is 0 Å². The van der Waals surface area contributed by atoms with Gasteiger partial charge in [-0.15, -0.1) is 11.3 Å². The maximum atomic E-state index is 13.2. The Hall–Kier alpha value is -2.20. The van der Waals surface area contributed by atoms with Gasteiger partial charge in [0.05, 0.1) is 5.69 Å². The summed E-state index contributed by atoms with van der Waals surface area (Å²) in [5, 5.41) is 3.22. The number of carbonyl (C=O) groups excluding carboxylic acids is 1. The van der Waals surface area contributed by atoms with Gasteiger partial charge in [-0.25, -0.2) is 0 Å². The van der Waals surface area contributed by atoms with E-state index in [-0.39, 0.29) is 5.78 Å². The van der Waals surface area contributed by atoms with Crippen LogP contribution in [0.2, 0.25) is 0 Å². The highest BCUT2D eigenvalue weighted by atomic mass is 32.1. The number of hydrogen-bond donors (Lipinski definition) is 0. The number of thiophene rings is 1. The third-order valence-electron chi connectivity index (χ3n) is 4.01. The van der Waals surface area contributed by atoms with Crippen molar-refractivity contribution >= 4 is 32.9 Å². The lowest BCUT2D eigenvalue weighted by atomic mass is 9.98. The normalized spacial score (nSPS) is 12.0. The van der Waals surface area contributed by atoms with Crippen molar-refractivity contribution in [2.24, 2.45) is 0 Å². The maximum absolute atomic E-state index is 13.2. The van der Waals surface area contributed by atoms with Crippen molar-refractivity contribution in [3.05, 3.63) is 58.9 Å². The van der Waals surface area contributed by atoms with E-state index in [0.717, 1.165) is 40.9 Å². The summed E-state index contributed by atoms with van der Waals surface area (Å²) in [6.07, 6.45) is 4.65. The van der Waals surface area contributed by atoms with Gasteiger partial charge < -0.3 is 4.57 Å². The molecule has 3 nitrogen and oxygen atoms in total. The Bertz CT molecular complexity index is 886. The zero-order valence-corrected chi connectivity index (χ0v) is 14.5. The molecule has 0 amide bonds. The molecule has 0 saturated carbocycles. The van der Waals surface area contributed by atoms with Crippen molar-refractivity contribution in [3.8, 4) is 0 Å². The van der Waals surface area contributed by atoms with E-state index in [1.54, 1.807) is 17.5 Å². The van der Waals surface area contributed by atoms with Crippen LogP contribution >= 0.6 is 11.3 Å². The molecule has 0 aliphatic rings. The lowest BCUT2D eigenvalue weighted by Gasteiger charge is -2.12. The molecule has 3 rings (SSSR count). The number of carbonyl (C=O) groups is 1. The summed E-state index contributed by atoms with van der Waals surface area (Å²) in [6, 6.07) is 7.93. The SMILES string of the molecule is C/C=C(/C(=O)c1cc2ccsc2n1CCC)c1cccnc1C. The van der Waals surface area contributed by atoms with E-state index in [9.17, 15) is 4.79 Å². The summed E-state index contributed by atoms with van der Waals surface area (Å²) in [5.41, 5.74) is 3.28. The Kier molecular flexibility index (Phi) is 4.44. The molecule has 23 heavy (non-hydrogen) atoms. The van der Waals surface area contributed by atoms with Gasteiger partial charge in [-0.05, 0) is 43.8 Å². The number of fused-ring (bicyclic) bond motifs is 1. The van der Waals surface area contributed by atoms with E-state index >= 15 is 0 Å². The van der Waals surface area contributed by atoms with Crippen molar-refractivity contribution in [1.82, 2.24) is 9.55 Å². The lowest BCUT2D eigenvalue weighted by molar-refractivity contribution is 0.104. The Morgan fingerprint density at radius 1 is 1.39 bits per heavy atom. The fourth-order valence-corrected chi connectivity index (χ4v) is 3.85. The molecule has 3 aromatic rings. The Balaban J connectivity index is 2.10. The molecular weight excluding hydrogens is 304 g/mol. The summed E-state index contributed by atoms with van der Waals surface area (Å²) in [7, 11) is 0. The van der Waals surface area contributed by atoms with Crippen LogP contribution in [-0.2, 0) is 6.54 Å². The molecule has 4 heteroatoms. The summed E-state index contributed by atoms with van der Waals surface area (Å²) in [4.78, 5) is 18.7. The molecule has 0 bridgehead atoms. The first-order chi connectivity index (χ1) is 11.2. The summed E-state index contributed by atoms with van der Waals surface area (Å²) in [6.45, 7) is 6.84. The largest absolute Gasteiger partial charge is 0.330 e. The van der Waals surface area contributed by atoms with Gasteiger partial charge >= 0.3 is 0 Å². The number of pyridine rings is 1. The van der Waals surface area contributed by atoms with Gasteiger partial charge in [0.15, 0.2) is 0 Å². The smallest absolute Gasteiger partial charge is 0.209 e. The molecule has 3 aromatic heterocycles. The summed E-state index contributed by atoms with van der Waals surface area (Å²) < 4.78 is 2.15. The van der Waals surface area contributed by atoms with Crippen molar-refractivity contribution in [2.75, 3.05) is 0 Å². The number of rotatable bonds is 5. The second-order valence-electron chi connectivity index (χ2n) is 5.53. The molecule has 118 valence electrons. The molecule has 0 fully saturated rings. The van der Waals surface area contributed by atoms with Crippen molar-refractivity contribution in [2.45, 2.75) is 33.7 Å². The van der Waals surface area contributed by atoms with E-state index in [0.29, 0.717) is 0 Å². The van der Waals surface area contributed by atoms with Gasteiger partial charge in [-0.1, -0.05) is 19.1 Å². The first-order valence-corrected chi connectivity index (χ1v) is 8.75. The van der Waals surface area contributed by atoms with Crippen molar-refractivity contribution in [3.63, 3.8) is 0 Å². The van der Waals surface area contributed by atoms with Crippen LogP contribution in [0.3, 0.4) is 0 Å². The number of Topliss-reactive ketones (excluding diaryl/α,β-unsaturated/α-hetero) is 1. The minimum atomic E-state index is 0.0699. The molecule has 0 aliphatic carbocycles. The van der Waals surface area contributed by atoms with Crippen LogP contribution in [0, 0.1) is 6.92 Å². The Morgan fingerprint density at radius 3 is 2.91 bits per heavy atom. The predicted molar refractivity (Wildman–Crippen MR) is 97.1 cm³/mol. The highest BCUT2D eigenvalue weighted by Crippen LogP contribution is 2.29. The van der Waals surface area contributed by atoms with Gasteiger partial charge in [0, 0.05) is 35.0 Å². The van der Waals surface area contributed by atoms with Crippen LogP contribution in [0.25, 0.3) is 15.8 Å². The van der Waals surface area contributed by atoms with Crippen molar-refractivity contribution < 1.29 is 4.79 Å². The number of allylic oxidation sites excluding steroid dienone is 2. The number of aromatic nitrogens is 2. The van der Waals surface area contributed by atoms with Crippen LogP contribution in [0.1, 0.15) is 42.0 Å². The molecule has 0 N–H and O–H groups in total. The molecule has 0 atom stereocenters. The van der Waals surface area contributed by atoms with E-state index in [1.807, 2.05) is 38.1 Å². The van der Waals surface area contributed by atoms with Crippen LogP contribution in [0.15, 0.2) is 41.9 Å².